The van der Waals surface area contributed by atoms with E-state index in [0.29, 0.717) is 0 Å². The summed E-state index contributed by atoms with van der Waals surface area (Å²) in [5.74, 6) is 5.01. The lowest BCUT2D eigenvalue weighted by Gasteiger charge is -1.88. The zero-order valence-electron chi connectivity index (χ0n) is 5.39. The average molecular weight is 112 g/mol. The number of allylic oxidation sites excluding steroid dienone is 2. The third-order valence-electron chi connectivity index (χ3n) is 0.887. The second-order valence-electron chi connectivity index (χ2n) is 1.47. The standard InChI is InChI=1S/C6H12N2/c1-3-5-6(4-2)8-7/h3,5H,4,7H2,1-2H3/b5-3-,8-6-. The number of rotatable bonds is 2. The van der Waals surface area contributed by atoms with Gasteiger partial charge in [-0.05, 0) is 19.4 Å². The Morgan fingerprint density at radius 2 is 2.38 bits per heavy atom. The predicted octanol–water partition coefficient (Wildman–Crippen LogP) is 1.29. The van der Waals surface area contributed by atoms with Gasteiger partial charge in [-0.15, -0.1) is 0 Å². The zero-order chi connectivity index (χ0) is 6.41. The number of hydrogen-bond acceptors (Lipinski definition) is 2. The number of nitrogens with two attached hydrogens (primary N) is 1. The minimum atomic E-state index is 0.904. The summed E-state index contributed by atoms with van der Waals surface area (Å²) in [6, 6.07) is 0. The van der Waals surface area contributed by atoms with Crippen LogP contribution in [0.4, 0.5) is 0 Å². The Balaban J connectivity index is 3.72. The van der Waals surface area contributed by atoms with Crippen molar-refractivity contribution in [3.8, 4) is 0 Å². The van der Waals surface area contributed by atoms with Gasteiger partial charge in [0.15, 0.2) is 0 Å². The van der Waals surface area contributed by atoms with Crippen molar-refractivity contribution < 1.29 is 0 Å². The quantitative estimate of drug-likeness (QED) is 0.326. The molecule has 0 unspecified atom stereocenters. The first kappa shape index (κ1) is 7.21. The molecular formula is C6H12N2. The van der Waals surface area contributed by atoms with Crippen molar-refractivity contribution in [3.05, 3.63) is 12.2 Å². The zero-order valence-corrected chi connectivity index (χ0v) is 5.39. The van der Waals surface area contributed by atoms with Crippen molar-refractivity contribution >= 4 is 5.71 Å². The first-order valence-electron chi connectivity index (χ1n) is 2.74. The molecule has 46 valence electrons. The van der Waals surface area contributed by atoms with E-state index in [1.807, 2.05) is 26.0 Å². The van der Waals surface area contributed by atoms with E-state index < -0.39 is 0 Å². The summed E-state index contributed by atoms with van der Waals surface area (Å²) in [5, 5.41) is 3.53. The Labute approximate surface area is 50.1 Å². The van der Waals surface area contributed by atoms with E-state index in [4.69, 9.17) is 5.84 Å². The second-order valence-corrected chi connectivity index (χ2v) is 1.47. The molecule has 0 heterocycles. The van der Waals surface area contributed by atoms with Gasteiger partial charge in [-0.3, -0.25) is 0 Å². The van der Waals surface area contributed by atoms with E-state index in [0.717, 1.165) is 12.1 Å². The molecule has 0 aliphatic rings. The molecule has 2 N–H and O–H groups in total. The maximum Gasteiger partial charge on any atom is 0.0594 e. The average Bonchev–Trinajstić information content (AvgIpc) is 1.83. The summed E-state index contributed by atoms with van der Waals surface area (Å²) in [5.41, 5.74) is 0.938. The van der Waals surface area contributed by atoms with Gasteiger partial charge in [0, 0.05) is 0 Å². The van der Waals surface area contributed by atoms with Crippen molar-refractivity contribution in [3.63, 3.8) is 0 Å². The Morgan fingerprint density at radius 3 is 2.50 bits per heavy atom. The summed E-state index contributed by atoms with van der Waals surface area (Å²) in [7, 11) is 0. The molecule has 0 bridgehead atoms. The Bertz CT molecular complexity index is 100. The summed E-state index contributed by atoms with van der Waals surface area (Å²) in [6.07, 6.45) is 4.73. The largest absolute Gasteiger partial charge is 0.323 e. The molecule has 0 saturated heterocycles. The van der Waals surface area contributed by atoms with Crippen molar-refractivity contribution in [2.24, 2.45) is 10.9 Å². The molecule has 0 atom stereocenters. The molecule has 0 aromatic rings. The molecule has 0 spiro atoms. The normalized spacial score (nSPS) is 13.0. The fourth-order valence-electron chi connectivity index (χ4n) is 0.445. The van der Waals surface area contributed by atoms with Crippen LogP contribution in [0.5, 0.6) is 0 Å². The third kappa shape index (κ3) is 2.39. The molecule has 0 aliphatic heterocycles. The first-order valence-corrected chi connectivity index (χ1v) is 2.74. The van der Waals surface area contributed by atoms with Gasteiger partial charge in [0.1, 0.15) is 0 Å². The highest BCUT2D eigenvalue weighted by atomic mass is 15.1. The van der Waals surface area contributed by atoms with Crippen molar-refractivity contribution in [2.45, 2.75) is 20.3 Å². The van der Waals surface area contributed by atoms with Crippen LogP contribution in [-0.4, -0.2) is 5.71 Å². The molecule has 0 fully saturated rings. The van der Waals surface area contributed by atoms with E-state index in [9.17, 15) is 0 Å². The van der Waals surface area contributed by atoms with Crippen LogP contribution in [0.25, 0.3) is 0 Å². The smallest absolute Gasteiger partial charge is 0.0594 e. The molecule has 0 aromatic heterocycles. The molecule has 0 aromatic carbocycles. The van der Waals surface area contributed by atoms with Crippen LogP contribution in [0.1, 0.15) is 20.3 Å². The van der Waals surface area contributed by atoms with E-state index in [-0.39, 0.29) is 0 Å². The van der Waals surface area contributed by atoms with Crippen LogP contribution in [-0.2, 0) is 0 Å². The summed E-state index contributed by atoms with van der Waals surface area (Å²) < 4.78 is 0. The highest BCUT2D eigenvalue weighted by molar-refractivity contribution is 5.94. The van der Waals surface area contributed by atoms with E-state index >= 15 is 0 Å². The van der Waals surface area contributed by atoms with Gasteiger partial charge in [-0.2, -0.15) is 5.10 Å². The topological polar surface area (TPSA) is 38.4 Å². The van der Waals surface area contributed by atoms with Crippen molar-refractivity contribution in [2.75, 3.05) is 0 Å². The predicted molar refractivity (Wildman–Crippen MR) is 36.7 cm³/mol. The minimum Gasteiger partial charge on any atom is -0.323 e. The maximum atomic E-state index is 5.01. The van der Waals surface area contributed by atoms with E-state index in [1.54, 1.807) is 0 Å². The summed E-state index contributed by atoms with van der Waals surface area (Å²) in [6.45, 7) is 3.96. The molecule has 2 nitrogen and oxygen atoms in total. The third-order valence-corrected chi connectivity index (χ3v) is 0.887. The molecule has 0 amide bonds. The molecular weight excluding hydrogens is 100 g/mol. The lowest BCUT2D eigenvalue weighted by Crippen LogP contribution is -1.94. The van der Waals surface area contributed by atoms with Crippen molar-refractivity contribution in [1.29, 1.82) is 0 Å². The fourth-order valence-corrected chi connectivity index (χ4v) is 0.445. The number of hydrazone groups is 1. The Hall–Kier alpha value is -0.790. The molecule has 0 aliphatic carbocycles. The summed E-state index contributed by atoms with van der Waals surface area (Å²) in [4.78, 5) is 0. The van der Waals surface area contributed by atoms with Crippen LogP contribution >= 0.6 is 0 Å². The van der Waals surface area contributed by atoms with Crippen molar-refractivity contribution in [1.82, 2.24) is 0 Å². The summed E-state index contributed by atoms with van der Waals surface area (Å²) >= 11 is 0. The highest BCUT2D eigenvalue weighted by Gasteiger charge is 1.82. The molecule has 0 saturated carbocycles. The van der Waals surface area contributed by atoms with E-state index in [1.165, 1.54) is 0 Å². The van der Waals surface area contributed by atoms with Gasteiger partial charge in [-0.25, -0.2) is 0 Å². The van der Waals surface area contributed by atoms with Gasteiger partial charge >= 0.3 is 0 Å². The number of hydrogen-bond donors (Lipinski definition) is 1. The van der Waals surface area contributed by atoms with Gasteiger partial charge < -0.3 is 5.84 Å². The van der Waals surface area contributed by atoms with E-state index in [2.05, 4.69) is 5.10 Å². The van der Waals surface area contributed by atoms with Gasteiger partial charge in [0.05, 0.1) is 5.71 Å². The fraction of sp³-hybridized carbons (Fsp3) is 0.500. The SMILES string of the molecule is C/C=C\C(CC)=N/N. The van der Waals surface area contributed by atoms with Crippen LogP contribution in [0.3, 0.4) is 0 Å². The van der Waals surface area contributed by atoms with Crippen LogP contribution in [0.15, 0.2) is 17.3 Å². The van der Waals surface area contributed by atoms with Crippen LogP contribution in [0.2, 0.25) is 0 Å². The van der Waals surface area contributed by atoms with Gasteiger partial charge in [0.25, 0.3) is 0 Å². The monoisotopic (exact) mass is 112 g/mol. The number of nitrogens with zero attached hydrogens (tertiary/aromatic N) is 1. The lowest BCUT2D eigenvalue weighted by atomic mass is 10.3. The van der Waals surface area contributed by atoms with Crippen LogP contribution in [0, 0.1) is 0 Å². The Kier molecular flexibility index (Phi) is 3.94. The first-order chi connectivity index (χ1) is 3.85. The molecule has 2 heteroatoms. The lowest BCUT2D eigenvalue weighted by molar-refractivity contribution is 1.18. The Morgan fingerprint density at radius 1 is 1.75 bits per heavy atom. The van der Waals surface area contributed by atoms with Gasteiger partial charge in [-0.1, -0.05) is 13.0 Å². The maximum absolute atomic E-state index is 5.01. The van der Waals surface area contributed by atoms with Gasteiger partial charge in [0.2, 0.25) is 0 Å². The molecule has 0 radical (unpaired) electrons. The highest BCUT2D eigenvalue weighted by Crippen LogP contribution is 1.84. The second kappa shape index (κ2) is 4.37. The minimum absolute atomic E-state index is 0.904. The molecule has 8 heavy (non-hydrogen) atoms. The van der Waals surface area contributed by atoms with Crippen LogP contribution < -0.4 is 5.84 Å². The molecule has 0 rings (SSSR count).